The molecular weight excluding hydrogens is 366 g/mol. The van der Waals surface area contributed by atoms with E-state index >= 15 is 0 Å². The molecule has 0 fully saturated rings. The number of anilines is 1. The fourth-order valence-corrected chi connectivity index (χ4v) is 4.64. The van der Waals surface area contributed by atoms with Crippen LogP contribution >= 0.6 is 11.8 Å². The number of rotatable bonds is 6. The van der Waals surface area contributed by atoms with Crippen molar-refractivity contribution in [2.75, 3.05) is 10.5 Å². The van der Waals surface area contributed by atoms with Crippen molar-refractivity contribution in [3.63, 3.8) is 0 Å². The number of sulfonamides is 1. The summed E-state index contributed by atoms with van der Waals surface area (Å²) in [6.07, 6.45) is 0. The standard InChI is InChI=1S/C20H19NO3S2/c1-14(22)13-25-20-12-19(18-11-7-6-10-17(18)15(20)2)21-26(23,24)16-8-4-3-5-9-16/h3-12,21-22H,1,13H2,2H3. The van der Waals surface area contributed by atoms with Crippen LogP contribution in [0, 0.1) is 6.92 Å². The molecule has 0 radical (unpaired) electrons. The number of nitrogens with one attached hydrogen (secondary N) is 1. The van der Waals surface area contributed by atoms with Crippen LogP contribution in [0.5, 0.6) is 0 Å². The number of aryl methyl sites for hydroxylation is 1. The van der Waals surface area contributed by atoms with Gasteiger partial charge in [0.2, 0.25) is 0 Å². The quantitative estimate of drug-likeness (QED) is 0.457. The normalized spacial score (nSPS) is 11.4. The number of hydrogen-bond acceptors (Lipinski definition) is 4. The van der Waals surface area contributed by atoms with Gasteiger partial charge in [0.25, 0.3) is 10.0 Å². The third kappa shape index (κ3) is 3.86. The van der Waals surface area contributed by atoms with Gasteiger partial charge in [-0.1, -0.05) is 49.0 Å². The van der Waals surface area contributed by atoms with Gasteiger partial charge in [-0.05, 0) is 36.1 Å². The molecule has 0 saturated heterocycles. The molecule has 0 aliphatic rings. The number of aliphatic hydroxyl groups is 1. The highest BCUT2D eigenvalue weighted by molar-refractivity contribution is 7.99. The Kier molecular flexibility index (Phi) is 5.25. The molecule has 0 saturated carbocycles. The van der Waals surface area contributed by atoms with E-state index in [1.165, 1.54) is 11.8 Å². The first-order chi connectivity index (χ1) is 12.4. The Morgan fingerprint density at radius 3 is 2.35 bits per heavy atom. The Hall–Kier alpha value is -2.44. The first-order valence-corrected chi connectivity index (χ1v) is 10.4. The van der Waals surface area contributed by atoms with Crippen molar-refractivity contribution in [1.82, 2.24) is 0 Å². The third-order valence-corrected chi connectivity index (χ3v) is 6.55. The minimum Gasteiger partial charge on any atom is -0.512 e. The van der Waals surface area contributed by atoms with Gasteiger partial charge in [-0.25, -0.2) is 8.42 Å². The number of hydrogen-bond donors (Lipinski definition) is 2. The maximum Gasteiger partial charge on any atom is 0.261 e. The first-order valence-electron chi connectivity index (χ1n) is 7.98. The zero-order chi connectivity index (χ0) is 18.7. The van der Waals surface area contributed by atoms with Gasteiger partial charge in [0, 0.05) is 10.3 Å². The van der Waals surface area contributed by atoms with Gasteiger partial charge in [0.15, 0.2) is 0 Å². The third-order valence-electron chi connectivity index (χ3n) is 3.96. The molecule has 4 nitrogen and oxygen atoms in total. The molecule has 0 aliphatic heterocycles. The SMILES string of the molecule is C=C(O)CSc1cc(NS(=O)(=O)c2ccccc2)c2ccccc2c1C. The summed E-state index contributed by atoms with van der Waals surface area (Å²) in [5.41, 5.74) is 1.55. The smallest absolute Gasteiger partial charge is 0.261 e. The molecule has 0 bridgehead atoms. The number of fused-ring (bicyclic) bond motifs is 1. The largest absolute Gasteiger partial charge is 0.512 e. The van der Waals surface area contributed by atoms with Crippen LogP contribution < -0.4 is 4.72 Å². The lowest BCUT2D eigenvalue weighted by Gasteiger charge is -2.16. The molecule has 3 rings (SSSR count). The molecule has 0 aliphatic carbocycles. The Bertz CT molecular complexity index is 1060. The number of thioether (sulfide) groups is 1. The molecule has 0 heterocycles. The van der Waals surface area contributed by atoms with E-state index in [4.69, 9.17) is 0 Å². The van der Waals surface area contributed by atoms with Crippen molar-refractivity contribution in [2.24, 2.45) is 0 Å². The van der Waals surface area contributed by atoms with Crippen LogP contribution in [0.4, 0.5) is 5.69 Å². The second-order valence-corrected chi connectivity index (χ2v) is 8.57. The molecule has 0 amide bonds. The van der Waals surface area contributed by atoms with Crippen LogP contribution in [0.2, 0.25) is 0 Å². The first kappa shape index (κ1) is 18.4. The average Bonchev–Trinajstić information content (AvgIpc) is 2.63. The van der Waals surface area contributed by atoms with Gasteiger partial charge in [-0.3, -0.25) is 4.72 Å². The lowest BCUT2D eigenvalue weighted by Crippen LogP contribution is -2.13. The molecule has 0 atom stereocenters. The van der Waals surface area contributed by atoms with Crippen molar-refractivity contribution in [3.8, 4) is 0 Å². The molecule has 3 aromatic rings. The van der Waals surface area contributed by atoms with Gasteiger partial charge in [0.05, 0.1) is 22.1 Å². The summed E-state index contributed by atoms with van der Waals surface area (Å²) in [7, 11) is -3.69. The van der Waals surface area contributed by atoms with E-state index < -0.39 is 10.0 Å². The van der Waals surface area contributed by atoms with E-state index in [1.54, 1.807) is 30.3 Å². The summed E-state index contributed by atoms with van der Waals surface area (Å²) in [5, 5.41) is 11.2. The van der Waals surface area contributed by atoms with Crippen molar-refractivity contribution in [3.05, 3.63) is 78.6 Å². The van der Waals surface area contributed by atoms with Gasteiger partial charge in [0.1, 0.15) is 0 Å². The summed E-state index contributed by atoms with van der Waals surface area (Å²) in [6.45, 7) is 5.49. The Labute approximate surface area is 157 Å². The molecule has 6 heteroatoms. The van der Waals surface area contributed by atoms with Crippen LogP contribution in [-0.2, 0) is 10.0 Å². The Balaban J connectivity index is 2.10. The van der Waals surface area contributed by atoms with Crippen molar-refractivity contribution in [2.45, 2.75) is 16.7 Å². The summed E-state index contributed by atoms with van der Waals surface area (Å²) in [5.74, 6) is 0.429. The average molecular weight is 386 g/mol. The van der Waals surface area contributed by atoms with Crippen LogP contribution in [0.1, 0.15) is 5.56 Å². The molecule has 0 aromatic heterocycles. The monoisotopic (exact) mass is 385 g/mol. The molecule has 0 spiro atoms. The van der Waals surface area contributed by atoms with E-state index in [-0.39, 0.29) is 10.7 Å². The molecule has 3 aromatic carbocycles. The van der Waals surface area contributed by atoms with Crippen LogP contribution in [-0.4, -0.2) is 19.3 Å². The molecule has 2 N–H and O–H groups in total. The lowest BCUT2D eigenvalue weighted by atomic mass is 10.0. The topological polar surface area (TPSA) is 66.4 Å². The fourth-order valence-electron chi connectivity index (χ4n) is 2.69. The highest BCUT2D eigenvalue weighted by Gasteiger charge is 2.17. The Morgan fingerprint density at radius 2 is 1.69 bits per heavy atom. The van der Waals surface area contributed by atoms with Crippen molar-refractivity contribution in [1.29, 1.82) is 0 Å². The van der Waals surface area contributed by atoms with E-state index in [2.05, 4.69) is 11.3 Å². The zero-order valence-corrected chi connectivity index (χ0v) is 15.9. The Morgan fingerprint density at radius 1 is 1.08 bits per heavy atom. The maximum atomic E-state index is 12.7. The summed E-state index contributed by atoms with van der Waals surface area (Å²) < 4.78 is 28.2. The summed E-state index contributed by atoms with van der Waals surface area (Å²) in [4.78, 5) is 1.10. The maximum absolute atomic E-state index is 12.7. The summed E-state index contributed by atoms with van der Waals surface area (Å²) >= 11 is 1.42. The van der Waals surface area contributed by atoms with Crippen LogP contribution in [0.3, 0.4) is 0 Å². The molecular formula is C20H19NO3S2. The van der Waals surface area contributed by atoms with Crippen LogP contribution in [0.15, 0.2) is 82.8 Å². The number of benzene rings is 3. The molecule has 26 heavy (non-hydrogen) atoms. The van der Waals surface area contributed by atoms with E-state index in [0.29, 0.717) is 11.4 Å². The predicted molar refractivity (Wildman–Crippen MR) is 108 cm³/mol. The highest BCUT2D eigenvalue weighted by atomic mass is 32.2. The minimum absolute atomic E-state index is 0.0778. The van der Waals surface area contributed by atoms with Crippen LogP contribution in [0.25, 0.3) is 10.8 Å². The van der Waals surface area contributed by atoms with Crippen molar-refractivity contribution < 1.29 is 13.5 Å². The lowest BCUT2D eigenvalue weighted by molar-refractivity contribution is 0.420. The molecule has 0 unspecified atom stereocenters. The second kappa shape index (κ2) is 7.43. The van der Waals surface area contributed by atoms with E-state index in [9.17, 15) is 13.5 Å². The number of aliphatic hydroxyl groups excluding tert-OH is 1. The van der Waals surface area contributed by atoms with Gasteiger partial charge >= 0.3 is 0 Å². The van der Waals surface area contributed by atoms with Gasteiger partial charge in [-0.15, -0.1) is 11.8 Å². The van der Waals surface area contributed by atoms with E-state index in [0.717, 1.165) is 21.2 Å². The predicted octanol–water partition coefficient (Wildman–Crippen LogP) is 5.11. The highest BCUT2D eigenvalue weighted by Crippen LogP contribution is 2.36. The van der Waals surface area contributed by atoms with Gasteiger partial charge < -0.3 is 5.11 Å². The van der Waals surface area contributed by atoms with E-state index in [1.807, 2.05) is 37.3 Å². The van der Waals surface area contributed by atoms with Crippen molar-refractivity contribution >= 4 is 38.2 Å². The molecule has 134 valence electrons. The second-order valence-electron chi connectivity index (χ2n) is 5.87. The zero-order valence-electron chi connectivity index (χ0n) is 14.3. The minimum atomic E-state index is -3.69. The van der Waals surface area contributed by atoms with Gasteiger partial charge in [-0.2, -0.15) is 0 Å². The summed E-state index contributed by atoms with van der Waals surface area (Å²) in [6, 6.07) is 17.7. The fraction of sp³-hybridized carbons (Fsp3) is 0.100.